The highest BCUT2D eigenvalue weighted by Gasteiger charge is 2.50. The van der Waals surface area contributed by atoms with Gasteiger partial charge in [-0.2, -0.15) is 0 Å². The summed E-state index contributed by atoms with van der Waals surface area (Å²) in [7, 11) is 0. The molecule has 1 saturated carbocycles. The molecule has 22 heavy (non-hydrogen) atoms. The van der Waals surface area contributed by atoms with E-state index in [9.17, 15) is 14.4 Å². The summed E-state index contributed by atoms with van der Waals surface area (Å²) in [5.41, 5.74) is 0.812. The van der Waals surface area contributed by atoms with E-state index in [1.807, 2.05) is 37.3 Å². The Morgan fingerprint density at radius 3 is 2.45 bits per heavy atom. The lowest BCUT2D eigenvalue weighted by atomic mass is 10.1. The molecule has 116 valence electrons. The van der Waals surface area contributed by atoms with Gasteiger partial charge in [0.15, 0.2) is 0 Å². The van der Waals surface area contributed by atoms with Gasteiger partial charge in [-0.15, -0.1) is 0 Å². The highest BCUT2D eigenvalue weighted by Crippen LogP contribution is 2.39. The van der Waals surface area contributed by atoms with Crippen molar-refractivity contribution in [2.45, 2.75) is 31.8 Å². The maximum Gasteiger partial charge on any atom is 0.307 e. The van der Waals surface area contributed by atoms with E-state index in [1.54, 1.807) is 4.90 Å². The Labute approximate surface area is 128 Å². The van der Waals surface area contributed by atoms with Gasteiger partial charge >= 0.3 is 5.97 Å². The van der Waals surface area contributed by atoms with E-state index in [2.05, 4.69) is 5.32 Å². The van der Waals surface area contributed by atoms with Gasteiger partial charge in [-0.25, -0.2) is 0 Å². The van der Waals surface area contributed by atoms with Gasteiger partial charge in [0.25, 0.3) is 0 Å². The lowest BCUT2D eigenvalue weighted by molar-refractivity contribution is -0.140. The molecule has 0 spiro atoms. The molecule has 1 aliphatic carbocycles. The van der Waals surface area contributed by atoms with E-state index in [0.717, 1.165) is 5.69 Å². The summed E-state index contributed by atoms with van der Waals surface area (Å²) in [5, 5.41) is 11.6. The number of rotatable bonds is 4. The Balaban J connectivity index is 1.66. The van der Waals surface area contributed by atoms with Gasteiger partial charge < -0.3 is 15.3 Å². The second kappa shape index (κ2) is 5.44. The summed E-state index contributed by atoms with van der Waals surface area (Å²) < 4.78 is 0. The van der Waals surface area contributed by atoms with Crippen LogP contribution in [0.1, 0.15) is 19.8 Å². The van der Waals surface area contributed by atoms with Crippen LogP contribution in [0.2, 0.25) is 0 Å². The van der Waals surface area contributed by atoms with Crippen LogP contribution < -0.4 is 10.2 Å². The molecule has 0 aromatic heterocycles. The van der Waals surface area contributed by atoms with Gasteiger partial charge in [0.1, 0.15) is 6.04 Å². The molecule has 2 aliphatic rings. The number of aliphatic carboxylic acids is 1. The van der Waals surface area contributed by atoms with Crippen LogP contribution in [0, 0.1) is 11.8 Å². The first-order valence-electron chi connectivity index (χ1n) is 7.40. The van der Waals surface area contributed by atoms with Gasteiger partial charge in [0.05, 0.1) is 11.8 Å². The number of nitrogens with zero attached hydrogens (tertiary/aromatic N) is 1. The number of para-hydroxylation sites is 1. The Morgan fingerprint density at radius 2 is 1.86 bits per heavy atom. The average Bonchev–Trinajstić information content (AvgIpc) is 3.23. The monoisotopic (exact) mass is 302 g/mol. The maximum absolute atomic E-state index is 12.5. The third kappa shape index (κ3) is 2.56. The number of amides is 2. The van der Waals surface area contributed by atoms with Crippen LogP contribution in [0.15, 0.2) is 30.3 Å². The van der Waals surface area contributed by atoms with E-state index in [-0.39, 0.29) is 17.9 Å². The lowest BCUT2D eigenvalue weighted by Crippen LogP contribution is -2.42. The average molecular weight is 302 g/mol. The number of nitrogens with one attached hydrogen (secondary N) is 1. The van der Waals surface area contributed by atoms with Crippen LogP contribution in [-0.4, -0.2) is 35.0 Å². The third-order valence-electron chi connectivity index (χ3n) is 4.35. The Bertz CT molecular complexity index is 616. The molecule has 1 aromatic rings. The van der Waals surface area contributed by atoms with E-state index in [1.165, 1.54) is 0 Å². The van der Waals surface area contributed by atoms with Gasteiger partial charge in [0.2, 0.25) is 11.8 Å². The molecule has 1 aliphatic heterocycles. The van der Waals surface area contributed by atoms with E-state index < -0.39 is 23.8 Å². The molecule has 0 bridgehead atoms. The predicted octanol–water partition coefficient (Wildman–Crippen LogP) is 1.02. The van der Waals surface area contributed by atoms with E-state index >= 15 is 0 Å². The van der Waals surface area contributed by atoms with Crippen molar-refractivity contribution in [3.8, 4) is 0 Å². The topological polar surface area (TPSA) is 86.7 Å². The van der Waals surface area contributed by atoms with Gasteiger partial charge in [-0.1, -0.05) is 18.2 Å². The molecule has 1 aromatic carbocycles. The van der Waals surface area contributed by atoms with Crippen LogP contribution >= 0.6 is 0 Å². The van der Waals surface area contributed by atoms with Crippen LogP contribution in [0.4, 0.5) is 5.69 Å². The molecule has 2 fully saturated rings. The third-order valence-corrected chi connectivity index (χ3v) is 4.35. The minimum absolute atomic E-state index is 0.00493. The van der Waals surface area contributed by atoms with E-state index in [0.29, 0.717) is 12.8 Å². The van der Waals surface area contributed by atoms with Crippen molar-refractivity contribution in [3.63, 3.8) is 0 Å². The zero-order valence-electron chi connectivity index (χ0n) is 12.2. The number of hydrogen-bond acceptors (Lipinski definition) is 3. The van der Waals surface area contributed by atoms with Gasteiger partial charge in [-0.05, 0) is 31.9 Å². The summed E-state index contributed by atoms with van der Waals surface area (Å²) in [6.45, 7) is 1.94. The van der Waals surface area contributed by atoms with Crippen LogP contribution in [0.25, 0.3) is 0 Å². The molecule has 4 unspecified atom stereocenters. The standard InChI is InChI=1S/C16H18N2O4/c1-9-7-13(17-14(19)11-8-12(11)16(21)22)15(20)18(9)10-5-3-2-4-6-10/h2-6,9,11-13H,7-8H2,1H3,(H,17,19)(H,21,22). The molecule has 2 amide bonds. The molecule has 6 heteroatoms. The number of carbonyl (C=O) groups is 3. The molecule has 0 radical (unpaired) electrons. The normalized spacial score (nSPS) is 30.2. The second-order valence-corrected chi connectivity index (χ2v) is 5.98. The number of carboxylic acid groups (broad SMARTS) is 1. The largest absolute Gasteiger partial charge is 0.481 e. The molecule has 4 atom stereocenters. The van der Waals surface area contributed by atoms with Crippen LogP contribution in [-0.2, 0) is 14.4 Å². The number of hydrogen-bond donors (Lipinski definition) is 2. The van der Waals surface area contributed by atoms with Crippen LogP contribution in [0.5, 0.6) is 0 Å². The van der Waals surface area contributed by atoms with Crippen LogP contribution in [0.3, 0.4) is 0 Å². The number of benzene rings is 1. The Hall–Kier alpha value is -2.37. The molecule has 6 nitrogen and oxygen atoms in total. The van der Waals surface area contributed by atoms with Crippen molar-refractivity contribution in [2.75, 3.05) is 4.90 Å². The molecule has 1 heterocycles. The SMILES string of the molecule is CC1CC(NC(=O)C2CC2C(=O)O)C(=O)N1c1ccccc1. The fraction of sp³-hybridized carbons (Fsp3) is 0.438. The molecular weight excluding hydrogens is 284 g/mol. The highest BCUT2D eigenvalue weighted by molar-refractivity contribution is 6.02. The quantitative estimate of drug-likeness (QED) is 0.869. The molecule has 1 saturated heterocycles. The smallest absolute Gasteiger partial charge is 0.307 e. The lowest BCUT2D eigenvalue weighted by Gasteiger charge is -2.21. The molecule has 3 rings (SSSR count). The summed E-state index contributed by atoms with van der Waals surface area (Å²) in [6.07, 6.45) is 0.893. The molecule has 2 N–H and O–H groups in total. The first kappa shape index (κ1) is 14.6. The number of carboxylic acids is 1. The van der Waals surface area contributed by atoms with Crippen molar-refractivity contribution in [2.24, 2.45) is 11.8 Å². The minimum Gasteiger partial charge on any atom is -0.481 e. The highest BCUT2D eigenvalue weighted by atomic mass is 16.4. The minimum atomic E-state index is -0.947. The summed E-state index contributed by atoms with van der Waals surface area (Å²) in [5.74, 6) is -2.50. The Morgan fingerprint density at radius 1 is 1.18 bits per heavy atom. The van der Waals surface area contributed by atoms with Crippen molar-refractivity contribution in [3.05, 3.63) is 30.3 Å². The Kier molecular flexibility index (Phi) is 3.60. The second-order valence-electron chi connectivity index (χ2n) is 5.98. The zero-order chi connectivity index (χ0) is 15.9. The van der Waals surface area contributed by atoms with Crippen molar-refractivity contribution in [1.82, 2.24) is 5.32 Å². The maximum atomic E-state index is 12.5. The number of anilines is 1. The fourth-order valence-corrected chi connectivity index (χ4v) is 3.06. The summed E-state index contributed by atoms with van der Waals surface area (Å²) in [4.78, 5) is 37.0. The fourth-order valence-electron chi connectivity index (χ4n) is 3.06. The molecular formula is C16H18N2O4. The number of carbonyl (C=O) groups excluding carboxylic acids is 2. The van der Waals surface area contributed by atoms with Crippen molar-refractivity contribution in [1.29, 1.82) is 0 Å². The zero-order valence-corrected chi connectivity index (χ0v) is 12.2. The van der Waals surface area contributed by atoms with Crippen molar-refractivity contribution < 1.29 is 19.5 Å². The first-order valence-corrected chi connectivity index (χ1v) is 7.40. The van der Waals surface area contributed by atoms with Gasteiger partial charge in [-0.3, -0.25) is 14.4 Å². The first-order chi connectivity index (χ1) is 10.5. The van der Waals surface area contributed by atoms with E-state index in [4.69, 9.17) is 5.11 Å². The predicted molar refractivity (Wildman–Crippen MR) is 79.2 cm³/mol. The summed E-state index contributed by atoms with van der Waals surface area (Å²) >= 11 is 0. The van der Waals surface area contributed by atoms with Crippen molar-refractivity contribution >= 4 is 23.5 Å². The van der Waals surface area contributed by atoms with Gasteiger partial charge in [0, 0.05) is 11.7 Å². The summed E-state index contributed by atoms with van der Waals surface area (Å²) in [6, 6.07) is 8.76.